The van der Waals surface area contributed by atoms with Gasteiger partial charge < -0.3 is 9.47 Å². The van der Waals surface area contributed by atoms with E-state index in [-0.39, 0.29) is 0 Å². The number of hydrogen-bond acceptors (Lipinski definition) is 4. The van der Waals surface area contributed by atoms with E-state index in [1.807, 2.05) is 25.1 Å². The molecule has 0 aromatic carbocycles. The molecular formula is C13H14N2O2. The Hall–Kier alpha value is -2.10. The van der Waals surface area contributed by atoms with Crippen LogP contribution in [0.3, 0.4) is 0 Å². The number of hydrogen-bond donors (Lipinski definition) is 0. The number of aryl methyl sites for hydroxylation is 1. The zero-order chi connectivity index (χ0) is 12.3. The maximum absolute atomic E-state index is 5.27. The molecular weight excluding hydrogens is 216 g/mol. The molecule has 0 bridgehead atoms. The summed E-state index contributed by atoms with van der Waals surface area (Å²) in [7, 11) is 3.16. The monoisotopic (exact) mass is 230 g/mol. The summed E-state index contributed by atoms with van der Waals surface area (Å²) in [5.41, 5.74) is 2.82. The van der Waals surface area contributed by atoms with Crippen molar-refractivity contribution in [2.24, 2.45) is 0 Å². The maximum atomic E-state index is 5.27. The van der Waals surface area contributed by atoms with E-state index in [4.69, 9.17) is 9.47 Å². The zero-order valence-electron chi connectivity index (χ0n) is 10.1. The molecule has 2 aromatic heterocycles. The van der Waals surface area contributed by atoms with Gasteiger partial charge in [-0.05, 0) is 24.6 Å². The molecule has 0 aliphatic carbocycles. The minimum Gasteiger partial charge on any atom is -0.481 e. The van der Waals surface area contributed by atoms with Crippen molar-refractivity contribution in [3.05, 3.63) is 36.0 Å². The van der Waals surface area contributed by atoms with Gasteiger partial charge in [0.25, 0.3) is 0 Å². The Labute approximate surface area is 100 Å². The van der Waals surface area contributed by atoms with Crippen molar-refractivity contribution in [3.63, 3.8) is 0 Å². The van der Waals surface area contributed by atoms with Gasteiger partial charge in [-0.3, -0.25) is 4.98 Å². The second kappa shape index (κ2) is 4.82. The van der Waals surface area contributed by atoms with E-state index in [1.54, 1.807) is 26.5 Å². The average molecular weight is 230 g/mol. The van der Waals surface area contributed by atoms with Crippen LogP contribution in [0.4, 0.5) is 0 Å². The van der Waals surface area contributed by atoms with Crippen molar-refractivity contribution in [1.82, 2.24) is 9.97 Å². The molecule has 4 heteroatoms. The number of methoxy groups -OCH3 is 2. The van der Waals surface area contributed by atoms with E-state index < -0.39 is 0 Å². The molecule has 0 saturated heterocycles. The number of pyridine rings is 2. The minimum atomic E-state index is 0.520. The van der Waals surface area contributed by atoms with Crippen LogP contribution in [0.25, 0.3) is 11.3 Å². The van der Waals surface area contributed by atoms with Crippen LogP contribution in [0.5, 0.6) is 11.8 Å². The van der Waals surface area contributed by atoms with Crippen molar-refractivity contribution in [1.29, 1.82) is 0 Å². The highest BCUT2D eigenvalue weighted by molar-refractivity contribution is 5.68. The molecule has 0 atom stereocenters. The van der Waals surface area contributed by atoms with Crippen LogP contribution in [0.2, 0.25) is 0 Å². The first kappa shape index (κ1) is 11.4. The molecule has 2 aromatic rings. The summed E-state index contributed by atoms with van der Waals surface area (Å²) >= 11 is 0. The number of aromatic nitrogens is 2. The smallest absolute Gasteiger partial charge is 0.226 e. The molecule has 0 spiro atoms. The fourth-order valence-electron chi connectivity index (χ4n) is 1.64. The highest BCUT2D eigenvalue weighted by Crippen LogP contribution is 2.30. The van der Waals surface area contributed by atoms with Crippen LogP contribution in [0.15, 0.2) is 30.5 Å². The molecule has 0 saturated carbocycles. The van der Waals surface area contributed by atoms with Crippen molar-refractivity contribution < 1.29 is 9.47 Å². The molecule has 0 radical (unpaired) electrons. The number of nitrogens with zero attached hydrogens (tertiary/aromatic N) is 2. The molecule has 88 valence electrons. The third-order valence-electron chi connectivity index (χ3n) is 2.50. The van der Waals surface area contributed by atoms with Gasteiger partial charge in [-0.25, -0.2) is 0 Å². The molecule has 17 heavy (non-hydrogen) atoms. The first-order chi connectivity index (χ1) is 8.26. The Morgan fingerprint density at radius 1 is 1.06 bits per heavy atom. The molecule has 0 aliphatic rings. The van der Waals surface area contributed by atoms with Crippen LogP contribution >= 0.6 is 0 Å². The normalized spacial score (nSPS) is 10.1. The molecule has 2 rings (SSSR count). The van der Waals surface area contributed by atoms with Gasteiger partial charge >= 0.3 is 0 Å². The summed E-state index contributed by atoms with van der Waals surface area (Å²) < 4.78 is 10.3. The molecule has 2 heterocycles. The van der Waals surface area contributed by atoms with Gasteiger partial charge in [0.05, 0.1) is 25.5 Å². The van der Waals surface area contributed by atoms with Crippen molar-refractivity contribution >= 4 is 0 Å². The van der Waals surface area contributed by atoms with Gasteiger partial charge in [0.15, 0.2) is 0 Å². The molecule has 0 unspecified atom stereocenters. The lowest BCUT2D eigenvalue weighted by molar-refractivity contribution is 0.366. The first-order valence-corrected chi connectivity index (χ1v) is 5.27. The highest BCUT2D eigenvalue weighted by atomic mass is 16.5. The van der Waals surface area contributed by atoms with Crippen LogP contribution in [-0.4, -0.2) is 24.2 Å². The van der Waals surface area contributed by atoms with E-state index in [2.05, 4.69) is 9.97 Å². The van der Waals surface area contributed by atoms with Gasteiger partial charge in [-0.15, -0.1) is 0 Å². The van der Waals surface area contributed by atoms with E-state index in [0.29, 0.717) is 11.8 Å². The highest BCUT2D eigenvalue weighted by Gasteiger charge is 2.11. The molecule has 0 aliphatic heterocycles. The molecule has 0 N–H and O–H groups in total. The van der Waals surface area contributed by atoms with Gasteiger partial charge in [0, 0.05) is 12.3 Å². The largest absolute Gasteiger partial charge is 0.481 e. The van der Waals surface area contributed by atoms with Crippen LogP contribution < -0.4 is 9.47 Å². The standard InChI is InChI=1S/C13H14N2O2/c1-9-5-4-8-14-12(9)10-6-7-11(16-2)15-13(10)17-3/h4-8H,1-3H3. The Balaban J connectivity index is 2.56. The van der Waals surface area contributed by atoms with E-state index in [9.17, 15) is 0 Å². The number of rotatable bonds is 3. The summed E-state index contributed by atoms with van der Waals surface area (Å²) in [6.07, 6.45) is 1.76. The third kappa shape index (κ3) is 2.20. The van der Waals surface area contributed by atoms with Crippen molar-refractivity contribution in [2.45, 2.75) is 6.92 Å². The summed E-state index contributed by atoms with van der Waals surface area (Å²) in [4.78, 5) is 8.59. The Morgan fingerprint density at radius 2 is 1.88 bits per heavy atom. The Bertz CT molecular complexity index is 527. The van der Waals surface area contributed by atoms with E-state index in [1.165, 1.54) is 0 Å². The zero-order valence-corrected chi connectivity index (χ0v) is 10.1. The predicted octanol–water partition coefficient (Wildman–Crippen LogP) is 2.47. The van der Waals surface area contributed by atoms with Gasteiger partial charge in [0.2, 0.25) is 11.8 Å². The van der Waals surface area contributed by atoms with Gasteiger partial charge in [-0.2, -0.15) is 4.98 Å². The fraction of sp³-hybridized carbons (Fsp3) is 0.231. The summed E-state index contributed by atoms with van der Waals surface area (Å²) in [5, 5.41) is 0. The van der Waals surface area contributed by atoms with E-state index >= 15 is 0 Å². The van der Waals surface area contributed by atoms with E-state index in [0.717, 1.165) is 16.8 Å². The third-order valence-corrected chi connectivity index (χ3v) is 2.50. The lowest BCUT2D eigenvalue weighted by Crippen LogP contribution is -1.97. The van der Waals surface area contributed by atoms with Gasteiger partial charge in [0.1, 0.15) is 0 Å². The van der Waals surface area contributed by atoms with Crippen molar-refractivity contribution in [2.75, 3.05) is 14.2 Å². The average Bonchev–Trinajstić information content (AvgIpc) is 2.38. The number of ether oxygens (including phenoxy) is 2. The SMILES string of the molecule is COc1ccc(-c2ncccc2C)c(OC)n1. The quantitative estimate of drug-likeness (QED) is 0.812. The predicted molar refractivity (Wildman–Crippen MR) is 65.3 cm³/mol. The summed E-state index contributed by atoms with van der Waals surface area (Å²) in [6, 6.07) is 7.61. The first-order valence-electron chi connectivity index (χ1n) is 5.27. The molecule has 0 amide bonds. The summed E-state index contributed by atoms with van der Waals surface area (Å²) in [5.74, 6) is 1.05. The maximum Gasteiger partial charge on any atom is 0.226 e. The minimum absolute atomic E-state index is 0.520. The van der Waals surface area contributed by atoms with Crippen LogP contribution in [0, 0.1) is 6.92 Å². The topological polar surface area (TPSA) is 44.2 Å². The fourth-order valence-corrected chi connectivity index (χ4v) is 1.64. The van der Waals surface area contributed by atoms with Crippen LogP contribution in [-0.2, 0) is 0 Å². The Morgan fingerprint density at radius 3 is 2.53 bits per heavy atom. The molecule has 0 fully saturated rings. The Kier molecular flexibility index (Phi) is 3.23. The lowest BCUT2D eigenvalue weighted by atomic mass is 10.1. The van der Waals surface area contributed by atoms with Crippen LogP contribution in [0.1, 0.15) is 5.56 Å². The molecule has 4 nitrogen and oxygen atoms in total. The summed E-state index contributed by atoms with van der Waals surface area (Å²) in [6.45, 7) is 2.01. The van der Waals surface area contributed by atoms with Crippen molar-refractivity contribution in [3.8, 4) is 23.0 Å². The van der Waals surface area contributed by atoms with Gasteiger partial charge in [-0.1, -0.05) is 6.07 Å². The lowest BCUT2D eigenvalue weighted by Gasteiger charge is -2.10. The second-order valence-electron chi connectivity index (χ2n) is 3.58. The second-order valence-corrected chi connectivity index (χ2v) is 3.58.